The van der Waals surface area contributed by atoms with E-state index in [9.17, 15) is 19.5 Å². The molecular formula is C18H24N4O4. The molecule has 2 bridgehead atoms. The van der Waals surface area contributed by atoms with Gasteiger partial charge in [0.1, 0.15) is 12.6 Å². The molecule has 0 radical (unpaired) electrons. The number of nitrogens with zero attached hydrogens (tertiary/aromatic N) is 2. The van der Waals surface area contributed by atoms with Crippen LogP contribution in [0.15, 0.2) is 24.3 Å². The molecule has 2 heterocycles. The van der Waals surface area contributed by atoms with E-state index < -0.39 is 18.0 Å². The van der Waals surface area contributed by atoms with Crippen LogP contribution in [0, 0.1) is 0 Å². The summed E-state index contributed by atoms with van der Waals surface area (Å²) in [6, 6.07) is 6.30. The second-order valence-corrected chi connectivity index (χ2v) is 6.78. The van der Waals surface area contributed by atoms with Gasteiger partial charge in [-0.05, 0) is 30.5 Å². The molecule has 8 heteroatoms. The first kappa shape index (κ1) is 18.2. The van der Waals surface area contributed by atoms with Gasteiger partial charge in [0.25, 0.3) is 0 Å². The molecule has 1 aromatic rings. The van der Waals surface area contributed by atoms with Crippen molar-refractivity contribution >= 4 is 23.6 Å². The van der Waals surface area contributed by atoms with Crippen molar-refractivity contribution in [2.75, 3.05) is 24.5 Å². The number of nitrogens with two attached hydrogens (primary N) is 1. The minimum Gasteiger partial charge on any atom is -0.465 e. The zero-order valence-corrected chi connectivity index (χ0v) is 14.6. The number of carbonyl (C=O) groups excluding carboxylic acids is 2. The molecule has 0 aliphatic carbocycles. The Hall–Kier alpha value is -2.61. The Morgan fingerprint density at radius 2 is 2.04 bits per heavy atom. The van der Waals surface area contributed by atoms with Gasteiger partial charge >= 0.3 is 6.09 Å². The SMILES string of the molecule is N[C@H]1CCCCCNC(=O)[C@H]2CN(C(=O)O)CC(=O)N2c2cccc1c2. The van der Waals surface area contributed by atoms with E-state index >= 15 is 0 Å². The van der Waals surface area contributed by atoms with Gasteiger partial charge in [-0.2, -0.15) is 0 Å². The predicted molar refractivity (Wildman–Crippen MR) is 95.7 cm³/mol. The maximum Gasteiger partial charge on any atom is 0.407 e. The van der Waals surface area contributed by atoms with Crippen molar-refractivity contribution in [3.63, 3.8) is 0 Å². The summed E-state index contributed by atoms with van der Waals surface area (Å²) >= 11 is 0. The van der Waals surface area contributed by atoms with Crippen molar-refractivity contribution in [2.45, 2.75) is 37.8 Å². The van der Waals surface area contributed by atoms with Crippen LogP contribution >= 0.6 is 0 Å². The average Bonchev–Trinajstić information content (AvgIpc) is 2.63. The van der Waals surface area contributed by atoms with Gasteiger partial charge in [-0.25, -0.2) is 4.79 Å². The van der Waals surface area contributed by atoms with Crippen molar-refractivity contribution in [3.8, 4) is 0 Å². The highest BCUT2D eigenvalue weighted by molar-refractivity contribution is 6.04. The van der Waals surface area contributed by atoms with Crippen molar-refractivity contribution in [1.82, 2.24) is 10.2 Å². The number of nitrogens with one attached hydrogen (secondary N) is 1. The summed E-state index contributed by atoms with van der Waals surface area (Å²) in [6.07, 6.45) is 2.35. The number of hydrogen-bond donors (Lipinski definition) is 3. The number of amides is 3. The predicted octanol–water partition coefficient (Wildman–Crippen LogP) is 1.07. The second-order valence-electron chi connectivity index (χ2n) is 6.78. The zero-order valence-electron chi connectivity index (χ0n) is 14.6. The number of rotatable bonds is 0. The normalized spacial score (nSPS) is 24.7. The summed E-state index contributed by atoms with van der Waals surface area (Å²) in [5.74, 6) is -0.752. The van der Waals surface area contributed by atoms with Crippen molar-refractivity contribution in [3.05, 3.63) is 29.8 Å². The lowest BCUT2D eigenvalue weighted by Gasteiger charge is -2.39. The summed E-state index contributed by atoms with van der Waals surface area (Å²) in [4.78, 5) is 39.1. The quantitative estimate of drug-likeness (QED) is 0.640. The lowest BCUT2D eigenvalue weighted by molar-refractivity contribution is -0.129. The Morgan fingerprint density at radius 3 is 2.81 bits per heavy atom. The van der Waals surface area contributed by atoms with Crippen LogP contribution in [0.1, 0.15) is 37.3 Å². The molecule has 1 fully saturated rings. The van der Waals surface area contributed by atoms with Gasteiger partial charge < -0.3 is 16.2 Å². The van der Waals surface area contributed by atoms with Gasteiger partial charge in [0.15, 0.2) is 0 Å². The molecule has 2 atom stereocenters. The van der Waals surface area contributed by atoms with Crippen LogP contribution in [-0.4, -0.2) is 53.6 Å². The highest BCUT2D eigenvalue weighted by Crippen LogP contribution is 2.27. The summed E-state index contributed by atoms with van der Waals surface area (Å²) in [5.41, 5.74) is 7.77. The van der Waals surface area contributed by atoms with E-state index in [1.54, 1.807) is 6.07 Å². The third-order valence-electron chi connectivity index (χ3n) is 4.94. The molecule has 2 aliphatic rings. The molecule has 26 heavy (non-hydrogen) atoms. The molecule has 140 valence electrons. The van der Waals surface area contributed by atoms with Gasteiger partial charge in [-0.1, -0.05) is 25.0 Å². The van der Waals surface area contributed by atoms with E-state index in [0.717, 1.165) is 36.1 Å². The van der Waals surface area contributed by atoms with Crippen LogP contribution in [0.25, 0.3) is 0 Å². The third kappa shape index (κ3) is 3.80. The smallest absolute Gasteiger partial charge is 0.407 e. The molecule has 1 aromatic carbocycles. The second kappa shape index (κ2) is 7.74. The molecule has 1 saturated heterocycles. The Bertz CT molecular complexity index is 708. The molecule has 3 amide bonds. The van der Waals surface area contributed by atoms with E-state index in [1.165, 1.54) is 4.90 Å². The number of carboxylic acid groups (broad SMARTS) is 1. The number of anilines is 1. The average molecular weight is 360 g/mol. The van der Waals surface area contributed by atoms with Crippen molar-refractivity contribution in [1.29, 1.82) is 0 Å². The van der Waals surface area contributed by atoms with Gasteiger partial charge in [-0.3, -0.25) is 19.4 Å². The first-order chi connectivity index (χ1) is 12.5. The molecular weight excluding hydrogens is 336 g/mol. The summed E-state index contributed by atoms with van der Waals surface area (Å²) in [5, 5.41) is 12.1. The van der Waals surface area contributed by atoms with Gasteiger partial charge in [0, 0.05) is 18.3 Å². The van der Waals surface area contributed by atoms with E-state index in [0.29, 0.717) is 12.2 Å². The van der Waals surface area contributed by atoms with Crippen LogP contribution in [0.2, 0.25) is 0 Å². The standard InChI is InChI=1S/C18H24N4O4/c19-14-7-2-1-3-8-20-17(24)15-10-21(18(25)26)11-16(23)22(15)13-6-4-5-12(14)9-13/h4-6,9,14-15H,1-3,7-8,10-11,19H2,(H,20,24)(H,25,26)/t14-,15+/m0/s1. The van der Waals surface area contributed by atoms with Crippen molar-refractivity contribution < 1.29 is 19.5 Å². The largest absolute Gasteiger partial charge is 0.465 e. The number of hydrogen-bond acceptors (Lipinski definition) is 4. The zero-order chi connectivity index (χ0) is 18.7. The van der Waals surface area contributed by atoms with Crippen LogP contribution in [0.5, 0.6) is 0 Å². The van der Waals surface area contributed by atoms with Crippen LogP contribution in [0.3, 0.4) is 0 Å². The minimum atomic E-state index is -1.20. The topological polar surface area (TPSA) is 116 Å². The fourth-order valence-corrected chi connectivity index (χ4v) is 3.51. The molecule has 0 aromatic heterocycles. The maximum atomic E-state index is 12.7. The van der Waals surface area contributed by atoms with Gasteiger partial charge in [0.05, 0.1) is 6.54 Å². The van der Waals surface area contributed by atoms with Crippen molar-refractivity contribution in [2.24, 2.45) is 5.73 Å². The Morgan fingerprint density at radius 1 is 1.23 bits per heavy atom. The highest BCUT2D eigenvalue weighted by Gasteiger charge is 2.39. The fourth-order valence-electron chi connectivity index (χ4n) is 3.51. The summed E-state index contributed by atoms with van der Waals surface area (Å²) in [7, 11) is 0. The summed E-state index contributed by atoms with van der Waals surface area (Å²) in [6.45, 7) is 0.176. The van der Waals surface area contributed by atoms with E-state index in [2.05, 4.69) is 5.32 Å². The first-order valence-electron chi connectivity index (χ1n) is 8.90. The van der Waals surface area contributed by atoms with E-state index in [-0.39, 0.29) is 25.0 Å². The van der Waals surface area contributed by atoms with Crippen LogP contribution in [-0.2, 0) is 9.59 Å². The Balaban J connectivity index is 1.99. The summed E-state index contributed by atoms with van der Waals surface area (Å²) < 4.78 is 0. The molecule has 0 saturated carbocycles. The minimum absolute atomic E-state index is 0.0524. The molecule has 0 spiro atoms. The first-order valence-corrected chi connectivity index (χ1v) is 8.90. The number of piperazine rings is 1. The molecule has 3 rings (SSSR count). The molecule has 2 aliphatic heterocycles. The number of benzene rings is 1. The monoisotopic (exact) mass is 360 g/mol. The number of fused-ring (bicyclic) bond motifs is 4. The lowest BCUT2D eigenvalue weighted by Crippen LogP contribution is -2.62. The lowest BCUT2D eigenvalue weighted by atomic mass is 10.00. The molecule has 0 unspecified atom stereocenters. The fraction of sp³-hybridized carbons (Fsp3) is 0.500. The third-order valence-corrected chi connectivity index (χ3v) is 4.94. The Kier molecular flexibility index (Phi) is 5.41. The molecule has 4 N–H and O–H groups in total. The van der Waals surface area contributed by atoms with E-state index in [4.69, 9.17) is 5.73 Å². The van der Waals surface area contributed by atoms with Crippen LogP contribution in [0.4, 0.5) is 10.5 Å². The Labute approximate surface area is 151 Å². The van der Waals surface area contributed by atoms with E-state index in [1.807, 2.05) is 18.2 Å². The molecule has 8 nitrogen and oxygen atoms in total. The van der Waals surface area contributed by atoms with Gasteiger partial charge in [-0.15, -0.1) is 0 Å². The maximum absolute atomic E-state index is 12.7. The number of carbonyl (C=O) groups is 3. The highest BCUT2D eigenvalue weighted by atomic mass is 16.4. The van der Waals surface area contributed by atoms with Crippen LogP contribution < -0.4 is 16.0 Å². The van der Waals surface area contributed by atoms with Gasteiger partial charge in [0.2, 0.25) is 11.8 Å².